The van der Waals surface area contributed by atoms with E-state index in [-0.39, 0.29) is 0 Å². The zero-order valence-electron chi connectivity index (χ0n) is 11.7. The smallest absolute Gasteiger partial charge is 0.195 e. The maximum absolute atomic E-state index is 4.79. The van der Waals surface area contributed by atoms with E-state index in [4.69, 9.17) is 4.98 Å². The zero-order valence-corrected chi connectivity index (χ0v) is 14.1. The molecule has 0 aliphatic carbocycles. The lowest BCUT2D eigenvalue weighted by molar-refractivity contribution is 1.25. The molecule has 2 heterocycles. The van der Waals surface area contributed by atoms with Crippen LogP contribution in [0.4, 0.5) is 0 Å². The van der Waals surface area contributed by atoms with E-state index in [1.165, 1.54) is 21.3 Å². The van der Waals surface area contributed by atoms with Crippen molar-refractivity contribution in [1.82, 2.24) is 9.38 Å². The third-order valence-electron chi connectivity index (χ3n) is 3.90. The topological polar surface area (TPSA) is 17.3 Å². The molecule has 0 atom stereocenters. The van der Waals surface area contributed by atoms with Gasteiger partial charge in [0.1, 0.15) is 0 Å². The summed E-state index contributed by atoms with van der Waals surface area (Å²) in [6, 6.07) is 12.6. The summed E-state index contributed by atoms with van der Waals surface area (Å²) in [4.78, 5) is 5.84. The van der Waals surface area contributed by atoms with Crippen molar-refractivity contribution in [3.05, 3.63) is 58.2 Å². The molecule has 2 aromatic heterocycles. The molecule has 0 aliphatic rings. The SMILES string of the molecule is Cc1ccc2sc3nc(-c4cccc(Br)c4)cn3c2c1C. The Balaban J connectivity index is 2.01. The summed E-state index contributed by atoms with van der Waals surface area (Å²) < 4.78 is 4.59. The van der Waals surface area contributed by atoms with Crippen LogP contribution >= 0.6 is 27.3 Å². The van der Waals surface area contributed by atoms with Crippen molar-refractivity contribution in [3.8, 4) is 11.3 Å². The van der Waals surface area contributed by atoms with E-state index >= 15 is 0 Å². The third-order valence-corrected chi connectivity index (χ3v) is 5.41. The Hall–Kier alpha value is -1.65. The Labute approximate surface area is 135 Å². The second-order valence-corrected chi connectivity index (χ2v) is 7.17. The number of imidazole rings is 1. The van der Waals surface area contributed by atoms with Gasteiger partial charge in [-0.3, -0.25) is 4.40 Å². The van der Waals surface area contributed by atoms with E-state index in [1.54, 1.807) is 11.3 Å². The Morgan fingerprint density at radius 1 is 1.14 bits per heavy atom. The van der Waals surface area contributed by atoms with E-state index in [9.17, 15) is 0 Å². The van der Waals surface area contributed by atoms with Crippen molar-refractivity contribution in [3.63, 3.8) is 0 Å². The van der Waals surface area contributed by atoms with Crippen molar-refractivity contribution in [2.45, 2.75) is 13.8 Å². The fraction of sp³-hybridized carbons (Fsp3) is 0.118. The number of hydrogen-bond donors (Lipinski definition) is 0. The first-order chi connectivity index (χ1) is 10.1. The first-order valence-electron chi connectivity index (χ1n) is 6.77. The number of hydrogen-bond acceptors (Lipinski definition) is 2. The van der Waals surface area contributed by atoms with Crippen LogP contribution in [-0.4, -0.2) is 9.38 Å². The summed E-state index contributed by atoms with van der Waals surface area (Å²) in [5, 5.41) is 0. The van der Waals surface area contributed by atoms with E-state index in [2.05, 4.69) is 64.6 Å². The van der Waals surface area contributed by atoms with Gasteiger partial charge < -0.3 is 0 Å². The van der Waals surface area contributed by atoms with Crippen molar-refractivity contribution in [1.29, 1.82) is 0 Å². The van der Waals surface area contributed by atoms with E-state index in [0.717, 1.165) is 20.7 Å². The van der Waals surface area contributed by atoms with Crippen LogP contribution in [0.25, 0.3) is 26.4 Å². The maximum atomic E-state index is 4.79. The molecule has 2 nitrogen and oxygen atoms in total. The van der Waals surface area contributed by atoms with Crippen LogP contribution in [0.15, 0.2) is 47.1 Å². The number of thiazole rings is 1. The predicted octanol–water partition coefficient (Wildman–Crippen LogP) is 5.60. The zero-order chi connectivity index (χ0) is 14.6. The lowest BCUT2D eigenvalue weighted by atomic mass is 10.1. The second-order valence-electron chi connectivity index (χ2n) is 5.25. The highest BCUT2D eigenvalue weighted by molar-refractivity contribution is 9.10. The average Bonchev–Trinajstić information content (AvgIpc) is 3.00. The lowest BCUT2D eigenvalue weighted by Gasteiger charge is -2.01. The van der Waals surface area contributed by atoms with Gasteiger partial charge in [0.2, 0.25) is 0 Å². The quantitative estimate of drug-likeness (QED) is 0.434. The van der Waals surface area contributed by atoms with Crippen LogP contribution in [-0.2, 0) is 0 Å². The fourth-order valence-corrected chi connectivity index (χ4v) is 4.11. The maximum Gasteiger partial charge on any atom is 0.195 e. The minimum Gasteiger partial charge on any atom is -0.289 e. The number of benzene rings is 2. The van der Waals surface area contributed by atoms with Gasteiger partial charge in [-0.05, 0) is 43.2 Å². The normalized spacial score (nSPS) is 11.6. The predicted molar refractivity (Wildman–Crippen MR) is 93.2 cm³/mol. The van der Waals surface area contributed by atoms with Crippen molar-refractivity contribution in [2.24, 2.45) is 0 Å². The molecule has 0 bridgehead atoms. The van der Waals surface area contributed by atoms with Crippen LogP contribution < -0.4 is 0 Å². The summed E-state index contributed by atoms with van der Waals surface area (Å²) >= 11 is 5.27. The van der Waals surface area contributed by atoms with Crippen LogP contribution in [0.2, 0.25) is 0 Å². The first kappa shape index (κ1) is 13.0. The summed E-state index contributed by atoms with van der Waals surface area (Å²) in [5.74, 6) is 0. The number of nitrogens with zero attached hydrogens (tertiary/aromatic N) is 2. The molecule has 0 aliphatic heterocycles. The van der Waals surface area contributed by atoms with Gasteiger partial charge in [0, 0.05) is 16.2 Å². The van der Waals surface area contributed by atoms with Gasteiger partial charge in [0.15, 0.2) is 4.96 Å². The molecule has 0 saturated heterocycles. The van der Waals surface area contributed by atoms with Gasteiger partial charge in [-0.15, -0.1) is 0 Å². The highest BCUT2D eigenvalue weighted by atomic mass is 79.9. The molecule has 0 spiro atoms. The molecular weight excluding hydrogens is 344 g/mol. The number of fused-ring (bicyclic) bond motifs is 3. The van der Waals surface area contributed by atoms with Gasteiger partial charge in [0.05, 0.1) is 15.9 Å². The number of aromatic nitrogens is 2. The van der Waals surface area contributed by atoms with Crippen molar-refractivity contribution < 1.29 is 0 Å². The molecule has 4 aromatic rings. The molecule has 0 amide bonds. The Morgan fingerprint density at radius 2 is 2.00 bits per heavy atom. The molecule has 21 heavy (non-hydrogen) atoms. The number of aryl methyl sites for hydroxylation is 2. The summed E-state index contributed by atoms with van der Waals surface area (Å²) in [6.07, 6.45) is 2.14. The minimum absolute atomic E-state index is 1.02. The number of rotatable bonds is 1. The molecule has 0 N–H and O–H groups in total. The molecular formula is C17H13BrN2S. The average molecular weight is 357 g/mol. The van der Waals surface area contributed by atoms with Crippen LogP contribution in [0.5, 0.6) is 0 Å². The molecule has 0 saturated carbocycles. The highest BCUT2D eigenvalue weighted by Gasteiger charge is 2.12. The molecule has 0 fully saturated rings. The summed E-state index contributed by atoms with van der Waals surface area (Å²) in [5.41, 5.74) is 6.09. The molecule has 4 rings (SSSR count). The Bertz CT molecular complexity index is 981. The van der Waals surface area contributed by atoms with Crippen LogP contribution in [0.1, 0.15) is 11.1 Å². The molecule has 104 valence electrons. The lowest BCUT2D eigenvalue weighted by Crippen LogP contribution is -1.85. The second kappa shape index (κ2) is 4.68. The molecule has 0 unspecified atom stereocenters. The summed E-state index contributed by atoms with van der Waals surface area (Å²) in [7, 11) is 0. The van der Waals surface area contributed by atoms with E-state index < -0.39 is 0 Å². The van der Waals surface area contributed by atoms with E-state index in [1.807, 2.05) is 12.1 Å². The monoisotopic (exact) mass is 356 g/mol. The third kappa shape index (κ3) is 2.01. The van der Waals surface area contributed by atoms with Gasteiger partial charge in [0.25, 0.3) is 0 Å². The van der Waals surface area contributed by atoms with Gasteiger partial charge in [-0.2, -0.15) is 0 Å². The van der Waals surface area contributed by atoms with Gasteiger partial charge in [-0.25, -0.2) is 4.98 Å². The first-order valence-corrected chi connectivity index (χ1v) is 8.38. The van der Waals surface area contributed by atoms with Gasteiger partial charge in [-0.1, -0.05) is 45.5 Å². The summed E-state index contributed by atoms with van der Waals surface area (Å²) in [6.45, 7) is 4.34. The van der Waals surface area contributed by atoms with Crippen molar-refractivity contribution in [2.75, 3.05) is 0 Å². The Kier molecular flexibility index (Phi) is 2.91. The van der Waals surface area contributed by atoms with E-state index in [0.29, 0.717) is 0 Å². The minimum atomic E-state index is 1.02. The van der Waals surface area contributed by atoms with Crippen LogP contribution in [0.3, 0.4) is 0 Å². The standard InChI is InChI=1S/C17H13BrN2S/c1-10-6-7-15-16(11(10)2)20-9-14(19-17(20)21-15)12-4-3-5-13(18)8-12/h3-9H,1-2H3. The molecule has 4 heteroatoms. The fourth-order valence-electron chi connectivity index (χ4n) is 2.64. The van der Waals surface area contributed by atoms with Crippen molar-refractivity contribution >= 4 is 42.4 Å². The molecule has 2 aromatic carbocycles. The number of halogens is 1. The largest absolute Gasteiger partial charge is 0.289 e. The highest BCUT2D eigenvalue weighted by Crippen LogP contribution is 2.32. The Morgan fingerprint density at radius 3 is 2.81 bits per heavy atom. The molecule has 0 radical (unpaired) electrons. The van der Waals surface area contributed by atoms with Gasteiger partial charge >= 0.3 is 0 Å². The van der Waals surface area contributed by atoms with Crippen LogP contribution in [0, 0.1) is 13.8 Å².